The van der Waals surface area contributed by atoms with E-state index in [9.17, 15) is 0 Å². The smallest absolute Gasteiger partial charge is 0.119 e. The van der Waals surface area contributed by atoms with Gasteiger partial charge in [-0.1, -0.05) is 32.4 Å². The second-order valence-electron chi connectivity index (χ2n) is 5.22. The summed E-state index contributed by atoms with van der Waals surface area (Å²) in [6.07, 6.45) is 3.55. The minimum absolute atomic E-state index is 0.226. The van der Waals surface area contributed by atoms with E-state index < -0.39 is 0 Å². The summed E-state index contributed by atoms with van der Waals surface area (Å²) < 4.78 is 11.5. The Balaban J connectivity index is 2.87. The van der Waals surface area contributed by atoms with Crippen molar-refractivity contribution in [3.05, 3.63) is 29.8 Å². The van der Waals surface area contributed by atoms with E-state index in [-0.39, 0.29) is 12.1 Å². The highest BCUT2D eigenvalue weighted by Gasteiger charge is 2.22. The van der Waals surface area contributed by atoms with Crippen molar-refractivity contribution in [2.24, 2.45) is 0 Å². The molecule has 0 radical (unpaired) electrons. The van der Waals surface area contributed by atoms with E-state index in [0.29, 0.717) is 6.61 Å². The number of ether oxygens (including phenoxy) is 2. The molecule has 0 amide bonds. The van der Waals surface area contributed by atoms with E-state index in [4.69, 9.17) is 9.47 Å². The summed E-state index contributed by atoms with van der Waals surface area (Å²) >= 11 is 0. The van der Waals surface area contributed by atoms with E-state index in [1.165, 1.54) is 5.56 Å². The van der Waals surface area contributed by atoms with Crippen LogP contribution in [0.5, 0.6) is 5.75 Å². The molecular weight excluding hydrogens is 262 g/mol. The fourth-order valence-corrected chi connectivity index (χ4v) is 2.55. The van der Waals surface area contributed by atoms with Crippen LogP contribution in [0.4, 0.5) is 0 Å². The molecular formula is C18H31NO2. The van der Waals surface area contributed by atoms with Gasteiger partial charge in [0.1, 0.15) is 5.75 Å². The molecule has 3 heteroatoms. The second-order valence-corrected chi connectivity index (χ2v) is 5.22. The third-order valence-corrected chi connectivity index (χ3v) is 3.49. The molecule has 1 N–H and O–H groups in total. The van der Waals surface area contributed by atoms with Crippen LogP contribution in [-0.2, 0) is 4.74 Å². The monoisotopic (exact) mass is 293 g/mol. The average Bonchev–Trinajstić information content (AvgIpc) is 2.50. The van der Waals surface area contributed by atoms with Gasteiger partial charge in [-0.15, -0.1) is 0 Å². The van der Waals surface area contributed by atoms with E-state index in [2.05, 4.69) is 50.4 Å². The lowest BCUT2D eigenvalue weighted by Crippen LogP contribution is -2.34. The van der Waals surface area contributed by atoms with E-state index in [1.54, 1.807) is 0 Å². The quantitative estimate of drug-likeness (QED) is 0.658. The predicted molar refractivity (Wildman–Crippen MR) is 89.0 cm³/mol. The standard InChI is InChI=1S/C18H31NO2/c1-5-9-17(21-8-4)18(19-14-6-2)15-10-12-16(13-11-15)20-7-3/h10-13,17-19H,5-9,14H2,1-4H3. The third-order valence-electron chi connectivity index (χ3n) is 3.49. The Morgan fingerprint density at radius 1 is 0.952 bits per heavy atom. The van der Waals surface area contributed by atoms with E-state index in [1.807, 2.05) is 6.92 Å². The summed E-state index contributed by atoms with van der Waals surface area (Å²) in [6, 6.07) is 8.66. The van der Waals surface area contributed by atoms with Gasteiger partial charge < -0.3 is 14.8 Å². The molecule has 1 aromatic carbocycles. The summed E-state index contributed by atoms with van der Waals surface area (Å²) in [5.74, 6) is 0.930. The SMILES string of the molecule is CCCNC(c1ccc(OCC)cc1)C(CCC)OCC. The Morgan fingerprint density at radius 3 is 2.19 bits per heavy atom. The van der Waals surface area contributed by atoms with Crippen molar-refractivity contribution < 1.29 is 9.47 Å². The van der Waals surface area contributed by atoms with Crippen LogP contribution >= 0.6 is 0 Å². The largest absolute Gasteiger partial charge is 0.494 e. The Morgan fingerprint density at radius 2 is 1.67 bits per heavy atom. The molecule has 0 heterocycles. The summed E-state index contributed by atoms with van der Waals surface area (Å²) in [6.45, 7) is 10.9. The number of nitrogens with one attached hydrogen (secondary N) is 1. The molecule has 0 bridgehead atoms. The van der Waals surface area contributed by atoms with Crippen molar-refractivity contribution in [2.45, 2.75) is 59.1 Å². The number of rotatable bonds is 11. The Kier molecular flexibility index (Phi) is 9.11. The molecule has 3 nitrogen and oxygen atoms in total. The van der Waals surface area contributed by atoms with Gasteiger partial charge in [0, 0.05) is 6.61 Å². The van der Waals surface area contributed by atoms with E-state index in [0.717, 1.165) is 38.2 Å². The first-order valence-electron chi connectivity index (χ1n) is 8.34. The van der Waals surface area contributed by atoms with Gasteiger partial charge in [-0.05, 0) is 50.9 Å². The van der Waals surface area contributed by atoms with Crippen LogP contribution in [0.25, 0.3) is 0 Å². The van der Waals surface area contributed by atoms with Gasteiger partial charge >= 0.3 is 0 Å². The lowest BCUT2D eigenvalue weighted by molar-refractivity contribution is 0.0276. The van der Waals surface area contributed by atoms with Crippen molar-refractivity contribution in [3.8, 4) is 5.75 Å². The molecule has 120 valence electrons. The zero-order valence-corrected chi connectivity index (χ0v) is 14.0. The molecule has 0 saturated carbocycles. The molecule has 0 aromatic heterocycles. The van der Waals surface area contributed by atoms with Crippen LogP contribution in [0.3, 0.4) is 0 Å². The Hall–Kier alpha value is -1.06. The van der Waals surface area contributed by atoms with Crippen LogP contribution < -0.4 is 10.1 Å². The number of hydrogen-bond acceptors (Lipinski definition) is 3. The molecule has 2 atom stereocenters. The average molecular weight is 293 g/mol. The molecule has 21 heavy (non-hydrogen) atoms. The number of benzene rings is 1. The van der Waals surface area contributed by atoms with E-state index >= 15 is 0 Å². The summed E-state index contributed by atoms with van der Waals surface area (Å²) in [5.41, 5.74) is 1.28. The van der Waals surface area contributed by atoms with Crippen LogP contribution in [0, 0.1) is 0 Å². The molecule has 0 saturated heterocycles. The van der Waals surface area contributed by atoms with Crippen molar-refractivity contribution in [3.63, 3.8) is 0 Å². The molecule has 1 aromatic rings. The zero-order valence-electron chi connectivity index (χ0n) is 14.0. The predicted octanol–water partition coefficient (Wildman–Crippen LogP) is 4.33. The second kappa shape index (κ2) is 10.6. The van der Waals surface area contributed by atoms with Gasteiger partial charge in [0.05, 0.1) is 18.8 Å². The van der Waals surface area contributed by atoms with Crippen molar-refractivity contribution in [1.82, 2.24) is 5.32 Å². The Labute approximate surface area is 130 Å². The van der Waals surface area contributed by atoms with Gasteiger partial charge in [0.2, 0.25) is 0 Å². The van der Waals surface area contributed by atoms with Gasteiger partial charge in [-0.2, -0.15) is 0 Å². The van der Waals surface area contributed by atoms with Crippen molar-refractivity contribution in [1.29, 1.82) is 0 Å². The highest BCUT2D eigenvalue weighted by atomic mass is 16.5. The van der Waals surface area contributed by atoms with Crippen LogP contribution in [0.1, 0.15) is 58.6 Å². The van der Waals surface area contributed by atoms with Gasteiger partial charge in [-0.3, -0.25) is 0 Å². The lowest BCUT2D eigenvalue weighted by atomic mass is 9.97. The zero-order chi connectivity index (χ0) is 15.5. The highest BCUT2D eigenvalue weighted by Crippen LogP contribution is 2.25. The molecule has 1 rings (SSSR count). The lowest BCUT2D eigenvalue weighted by Gasteiger charge is -2.28. The first kappa shape index (κ1) is 18.0. The van der Waals surface area contributed by atoms with Crippen molar-refractivity contribution >= 4 is 0 Å². The Bertz CT molecular complexity index is 358. The third kappa shape index (κ3) is 6.06. The van der Waals surface area contributed by atoms with Crippen molar-refractivity contribution in [2.75, 3.05) is 19.8 Å². The molecule has 0 spiro atoms. The maximum absolute atomic E-state index is 5.98. The van der Waals surface area contributed by atoms with Gasteiger partial charge in [0.15, 0.2) is 0 Å². The van der Waals surface area contributed by atoms with Gasteiger partial charge in [-0.25, -0.2) is 0 Å². The van der Waals surface area contributed by atoms with Crippen LogP contribution in [0.15, 0.2) is 24.3 Å². The maximum Gasteiger partial charge on any atom is 0.119 e. The number of hydrogen-bond donors (Lipinski definition) is 1. The molecule has 0 aliphatic heterocycles. The molecule has 0 aliphatic rings. The fourth-order valence-electron chi connectivity index (χ4n) is 2.55. The molecule has 2 unspecified atom stereocenters. The summed E-state index contributed by atoms with van der Waals surface area (Å²) in [7, 11) is 0. The summed E-state index contributed by atoms with van der Waals surface area (Å²) in [4.78, 5) is 0. The first-order valence-corrected chi connectivity index (χ1v) is 8.34. The fraction of sp³-hybridized carbons (Fsp3) is 0.667. The molecule has 0 fully saturated rings. The molecule has 0 aliphatic carbocycles. The minimum atomic E-state index is 0.226. The topological polar surface area (TPSA) is 30.5 Å². The normalized spacial score (nSPS) is 13.9. The van der Waals surface area contributed by atoms with Crippen LogP contribution in [-0.4, -0.2) is 25.9 Å². The first-order chi connectivity index (χ1) is 10.3. The van der Waals surface area contributed by atoms with Crippen LogP contribution in [0.2, 0.25) is 0 Å². The minimum Gasteiger partial charge on any atom is -0.494 e. The maximum atomic E-state index is 5.98. The summed E-state index contributed by atoms with van der Waals surface area (Å²) in [5, 5.41) is 3.64. The van der Waals surface area contributed by atoms with Gasteiger partial charge in [0.25, 0.3) is 0 Å². The highest BCUT2D eigenvalue weighted by molar-refractivity contribution is 5.29.